The Morgan fingerprint density at radius 2 is 2.16 bits per heavy atom. The van der Waals surface area contributed by atoms with E-state index in [0.29, 0.717) is 38.0 Å². The van der Waals surface area contributed by atoms with E-state index >= 15 is 0 Å². The third kappa shape index (κ3) is 3.79. The molecular formula is C11H17N3O4S. The van der Waals surface area contributed by atoms with Gasteiger partial charge in [-0.15, -0.1) is 0 Å². The van der Waals surface area contributed by atoms with Crippen LogP contribution < -0.4 is 10.5 Å². The van der Waals surface area contributed by atoms with Crippen LogP contribution >= 0.6 is 0 Å². The van der Waals surface area contributed by atoms with Crippen LogP contribution in [0.3, 0.4) is 0 Å². The fraction of sp³-hybridized carbons (Fsp3) is 0.545. The standard InChI is InChI=1S/C11H17N3O4S/c12-19(16,17)14-4-1-9(2-5-14)7-13-11(15)10-3-6-18-8-10/h3,6,8-9H,1-2,4-5,7H2,(H,13,15)(H2,12,16,17). The molecule has 1 aliphatic rings. The topological polar surface area (TPSA) is 106 Å². The number of furan rings is 1. The molecule has 1 amide bonds. The Morgan fingerprint density at radius 1 is 1.47 bits per heavy atom. The third-order valence-electron chi connectivity index (χ3n) is 3.27. The van der Waals surface area contributed by atoms with Crippen molar-refractivity contribution in [3.63, 3.8) is 0 Å². The van der Waals surface area contributed by atoms with Gasteiger partial charge in [0.05, 0.1) is 11.8 Å². The molecule has 0 bridgehead atoms. The number of nitrogens with zero attached hydrogens (tertiary/aromatic N) is 1. The van der Waals surface area contributed by atoms with Crippen molar-refractivity contribution in [2.75, 3.05) is 19.6 Å². The van der Waals surface area contributed by atoms with E-state index in [1.165, 1.54) is 16.8 Å². The van der Waals surface area contributed by atoms with Crippen LogP contribution in [0.25, 0.3) is 0 Å². The van der Waals surface area contributed by atoms with Gasteiger partial charge in [-0.05, 0) is 24.8 Å². The minimum atomic E-state index is -3.58. The average molecular weight is 287 g/mol. The lowest BCUT2D eigenvalue weighted by atomic mass is 9.98. The zero-order valence-corrected chi connectivity index (χ0v) is 11.2. The Labute approximate surface area is 111 Å². The fourth-order valence-electron chi connectivity index (χ4n) is 2.10. The number of carbonyl (C=O) groups is 1. The summed E-state index contributed by atoms with van der Waals surface area (Å²) in [4.78, 5) is 11.7. The van der Waals surface area contributed by atoms with Crippen LogP contribution in [0.1, 0.15) is 23.2 Å². The molecule has 7 nitrogen and oxygen atoms in total. The second-order valence-electron chi connectivity index (χ2n) is 4.61. The zero-order valence-electron chi connectivity index (χ0n) is 10.4. The monoisotopic (exact) mass is 287 g/mol. The molecule has 0 saturated carbocycles. The van der Waals surface area contributed by atoms with Crippen LogP contribution in [-0.2, 0) is 10.2 Å². The SMILES string of the molecule is NS(=O)(=O)N1CCC(CNC(=O)c2ccoc2)CC1. The van der Waals surface area contributed by atoms with Crippen LogP contribution in [-0.4, -0.2) is 38.3 Å². The summed E-state index contributed by atoms with van der Waals surface area (Å²) in [6.45, 7) is 1.35. The van der Waals surface area contributed by atoms with E-state index < -0.39 is 10.2 Å². The van der Waals surface area contributed by atoms with Crippen molar-refractivity contribution >= 4 is 16.1 Å². The van der Waals surface area contributed by atoms with Crippen molar-refractivity contribution in [1.82, 2.24) is 9.62 Å². The molecule has 2 rings (SSSR count). The van der Waals surface area contributed by atoms with Gasteiger partial charge in [0.15, 0.2) is 0 Å². The van der Waals surface area contributed by atoms with Crippen LogP contribution in [0, 0.1) is 5.92 Å². The van der Waals surface area contributed by atoms with Crippen molar-refractivity contribution < 1.29 is 17.6 Å². The van der Waals surface area contributed by atoms with Crippen molar-refractivity contribution in [3.8, 4) is 0 Å². The highest BCUT2D eigenvalue weighted by Crippen LogP contribution is 2.17. The van der Waals surface area contributed by atoms with E-state index in [1.807, 2.05) is 0 Å². The van der Waals surface area contributed by atoms with Crippen LogP contribution in [0.15, 0.2) is 23.0 Å². The lowest BCUT2D eigenvalue weighted by Gasteiger charge is -2.29. The van der Waals surface area contributed by atoms with Gasteiger partial charge in [-0.1, -0.05) is 0 Å². The van der Waals surface area contributed by atoms with E-state index in [-0.39, 0.29) is 11.8 Å². The van der Waals surface area contributed by atoms with E-state index in [9.17, 15) is 13.2 Å². The summed E-state index contributed by atoms with van der Waals surface area (Å²) in [6.07, 6.45) is 4.22. The molecule has 0 atom stereocenters. The fourth-order valence-corrected chi connectivity index (χ4v) is 2.82. The Balaban J connectivity index is 1.76. The Morgan fingerprint density at radius 3 is 2.68 bits per heavy atom. The molecular weight excluding hydrogens is 270 g/mol. The second kappa shape index (κ2) is 5.72. The molecule has 1 aromatic rings. The number of piperidine rings is 1. The van der Waals surface area contributed by atoms with Crippen LogP contribution in [0.5, 0.6) is 0 Å². The maximum Gasteiger partial charge on any atom is 0.276 e. The first-order chi connectivity index (χ1) is 8.97. The van der Waals surface area contributed by atoms with Gasteiger partial charge in [-0.25, -0.2) is 5.14 Å². The number of nitrogens with two attached hydrogens (primary N) is 1. The van der Waals surface area contributed by atoms with Crippen LogP contribution in [0.2, 0.25) is 0 Å². The Hall–Kier alpha value is -1.38. The first kappa shape index (κ1) is 14.0. The predicted molar refractivity (Wildman–Crippen MR) is 68.4 cm³/mol. The summed E-state index contributed by atoms with van der Waals surface area (Å²) in [5, 5.41) is 7.87. The van der Waals surface area contributed by atoms with Gasteiger partial charge in [0, 0.05) is 19.6 Å². The molecule has 19 heavy (non-hydrogen) atoms. The highest BCUT2D eigenvalue weighted by atomic mass is 32.2. The van der Waals surface area contributed by atoms with Gasteiger partial charge in [0.1, 0.15) is 6.26 Å². The number of rotatable bonds is 4. The molecule has 0 aromatic carbocycles. The summed E-state index contributed by atoms with van der Waals surface area (Å²) in [5.74, 6) is 0.0940. The number of amides is 1. The lowest BCUT2D eigenvalue weighted by Crippen LogP contribution is -2.44. The minimum absolute atomic E-state index is 0.178. The van der Waals surface area contributed by atoms with E-state index in [1.54, 1.807) is 6.07 Å². The van der Waals surface area contributed by atoms with E-state index in [4.69, 9.17) is 9.56 Å². The van der Waals surface area contributed by atoms with Gasteiger partial charge >= 0.3 is 0 Å². The van der Waals surface area contributed by atoms with Crippen molar-refractivity contribution in [2.24, 2.45) is 11.1 Å². The quantitative estimate of drug-likeness (QED) is 0.808. The number of nitrogens with one attached hydrogen (secondary N) is 1. The van der Waals surface area contributed by atoms with E-state index in [0.717, 1.165) is 0 Å². The summed E-state index contributed by atoms with van der Waals surface area (Å²) in [5.41, 5.74) is 0.488. The summed E-state index contributed by atoms with van der Waals surface area (Å²) in [6, 6.07) is 1.60. The summed E-state index contributed by atoms with van der Waals surface area (Å²) < 4.78 is 28.4. The number of carbonyl (C=O) groups excluding carboxylic acids is 1. The third-order valence-corrected chi connectivity index (χ3v) is 4.35. The normalized spacial score (nSPS) is 18.4. The number of hydrogen-bond donors (Lipinski definition) is 2. The molecule has 2 heterocycles. The van der Waals surface area contributed by atoms with Gasteiger partial charge in [0.2, 0.25) is 0 Å². The molecule has 3 N–H and O–H groups in total. The number of hydrogen-bond acceptors (Lipinski definition) is 4. The van der Waals surface area contributed by atoms with Gasteiger partial charge < -0.3 is 9.73 Å². The molecule has 0 unspecified atom stereocenters. The summed E-state index contributed by atoms with van der Waals surface area (Å²) in [7, 11) is -3.58. The lowest BCUT2D eigenvalue weighted by molar-refractivity contribution is 0.0941. The highest BCUT2D eigenvalue weighted by Gasteiger charge is 2.25. The molecule has 0 spiro atoms. The molecule has 1 aromatic heterocycles. The summed E-state index contributed by atoms with van der Waals surface area (Å²) >= 11 is 0. The Bertz CT molecular complexity index is 518. The van der Waals surface area contributed by atoms with E-state index in [2.05, 4.69) is 5.32 Å². The zero-order chi connectivity index (χ0) is 13.9. The first-order valence-corrected chi connectivity index (χ1v) is 7.55. The molecule has 106 valence electrons. The molecule has 0 radical (unpaired) electrons. The maximum absolute atomic E-state index is 11.7. The van der Waals surface area contributed by atoms with Crippen molar-refractivity contribution in [2.45, 2.75) is 12.8 Å². The molecule has 0 aliphatic carbocycles. The molecule has 1 aliphatic heterocycles. The minimum Gasteiger partial charge on any atom is -0.472 e. The average Bonchev–Trinajstić information content (AvgIpc) is 2.89. The largest absolute Gasteiger partial charge is 0.472 e. The predicted octanol–water partition coefficient (Wildman–Crippen LogP) is -0.0751. The van der Waals surface area contributed by atoms with Crippen LogP contribution in [0.4, 0.5) is 0 Å². The van der Waals surface area contributed by atoms with Crippen molar-refractivity contribution in [1.29, 1.82) is 0 Å². The van der Waals surface area contributed by atoms with Gasteiger partial charge in [-0.2, -0.15) is 12.7 Å². The Kier molecular flexibility index (Phi) is 4.23. The molecule has 8 heteroatoms. The highest BCUT2D eigenvalue weighted by molar-refractivity contribution is 7.86. The maximum atomic E-state index is 11.7. The smallest absolute Gasteiger partial charge is 0.276 e. The van der Waals surface area contributed by atoms with Gasteiger partial charge in [0.25, 0.3) is 16.1 Å². The molecule has 1 fully saturated rings. The first-order valence-electron chi connectivity index (χ1n) is 6.05. The molecule has 1 saturated heterocycles. The second-order valence-corrected chi connectivity index (χ2v) is 6.16. The van der Waals surface area contributed by atoms with Gasteiger partial charge in [-0.3, -0.25) is 4.79 Å². The van der Waals surface area contributed by atoms with Crippen molar-refractivity contribution in [3.05, 3.63) is 24.2 Å².